The summed E-state index contributed by atoms with van der Waals surface area (Å²) in [7, 11) is -2.92. The van der Waals surface area contributed by atoms with E-state index in [1.54, 1.807) is 6.92 Å². The Bertz CT molecular complexity index is 1440. The van der Waals surface area contributed by atoms with E-state index in [0.717, 1.165) is 51.4 Å². The van der Waals surface area contributed by atoms with Crippen LogP contribution in [0.25, 0.3) is 0 Å². The van der Waals surface area contributed by atoms with Crippen LogP contribution < -0.4 is 15.7 Å². The Morgan fingerprint density at radius 3 is 1.42 bits per heavy atom. The molecule has 370 valence electrons. The van der Waals surface area contributed by atoms with Crippen molar-refractivity contribution in [1.29, 1.82) is 0 Å². The molecule has 0 aromatic heterocycles. The summed E-state index contributed by atoms with van der Waals surface area (Å²) < 4.78 is 13.6. The van der Waals surface area contributed by atoms with E-state index in [4.69, 9.17) is 9.16 Å². The molecule has 0 fully saturated rings. The molecule has 0 heterocycles. The van der Waals surface area contributed by atoms with E-state index in [0.29, 0.717) is 32.4 Å². The van der Waals surface area contributed by atoms with Gasteiger partial charge >= 0.3 is 5.97 Å². The molecule has 0 spiro atoms. The maximum atomic E-state index is 13.8. The minimum atomic E-state index is -2.92. The van der Waals surface area contributed by atoms with Gasteiger partial charge in [0.05, 0.1) is 12.6 Å². The van der Waals surface area contributed by atoms with Gasteiger partial charge in [-0.1, -0.05) is 243 Å². The maximum Gasteiger partial charge on any atom is 0.306 e. The third kappa shape index (κ3) is 25.1. The highest BCUT2D eigenvalue weighted by Gasteiger charge is 2.50. The molecule has 0 radical (unpaired) electrons. The fourth-order valence-corrected chi connectivity index (χ4v) is 14.0. The van der Waals surface area contributed by atoms with Crippen LogP contribution in [0.1, 0.15) is 235 Å². The molecule has 8 heteroatoms. The Hall–Kier alpha value is -2.97. The van der Waals surface area contributed by atoms with E-state index in [1.165, 1.54) is 126 Å². The maximum absolute atomic E-state index is 13.8. The summed E-state index contributed by atoms with van der Waals surface area (Å²) in [5, 5.41) is 5.49. The summed E-state index contributed by atoms with van der Waals surface area (Å²) in [5.41, 5.74) is 0. The van der Waals surface area contributed by atoms with E-state index in [-0.39, 0.29) is 35.5 Å². The van der Waals surface area contributed by atoms with E-state index >= 15 is 0 Å². The second-order valence-electron chi connectivity index (χ2n) is 20.2. The van der Waals surface area contributed by atoms with Crippen molar-refractivity contribution in [3.63, 3.8) is 0 Å². The van der Waals surface area contributed by atoms with Crippen LogP contribution in [0.2, 0.25) is 5.04 Å². The van der Waals surface area contributed by atoms with Crippen LogP contribution in [-0.2, 0) is 23.5 Å². The molecule has 7 nitrogen and oxygen atoms in total. The zero-order chi connectivity index (χ0) is 47.4. The molecule has 0 aliphatic rings. The molecule has 0 aliphatic heterocycles. The van der Waals surface area contributed by atoms with Gasteiger partial charge in [-0.05, 0) is 41.1 Å². The zero-order valence-corrected chi connectivity index (χ0v) is 44.0. The second-order valence-corrected chi connectivity index (χ2v) is 24.5. The van der Waals surface area contributed by atoms with Gasteiger partial charge in [-0.15, -0.1) is 0 Å². The SMILES string of the molecule is CCCCCCCCCCCCCC(=O)N[C@@H](CO[Si](c1ccccc1)(c1ccccc1)C(C)(C)C)CN(CC[C@@H](CCCCCCC)OC(=O)CCCCCCCCCCC)C(C)=O. The number of esters is 1. The van der Waals surface area contributed by atoms with Crippen LogP contribution in [0.4, 0.5) is 0 Å². The Kier molecular flexibility index (Phi) is 32.3. The molecule has 2 amide bonds. The lowest BCUT2D eigenvalue weighted by Crippen LogP contribution is -2.67. The number of hydrogen-bond donors (Lipinski definition) is 1. The van der Waals surface area contributed by atoms with Crippen molar-refractivity contribution in [2.45, 2.75) is 252 Å². The molecule has 0 saturated heterocycles. The highest BCUT2D eigenvalue weighted by molar-refractivity contribution is 6.99. The number of ether oxygens (including phenoxy) is 1. The number of benzene rings is 2. The first-order valence-electron chi connectivity index (χ1n) is 27.0. The quantitative estimate of drug-likeness (QED) is 0.0409. The Balaban J connectivity index is 2.21. The van der Waals surface area contributed by atoms with Gasteiger partial charge in [0.25, 0.3) is 8.32 Å². The van der Waals surface area contributed by atoms with Crippen molar-refractivity contribution in [3.05, 3.63) is 60.7 Å². The van der Waals surface area contributed by atoms with Gasteiger partial charge in [-0.2, -0.15) is 0 Å². The van der Waals surface area contributed by atoms with E-state index in [9.17, 15) is 14.4 Å². The van der Waals surface area contributed by atoms with Crippen molar-refractivity contribution in [2.24, 2.45) is 0 Å². The average molecular weight is 920 g/mol. The third-order valence-corrected chi connectivity index (χ3v) is 18.3. The number of carbonyl (C=O) groups excluding carboxylic acids is 3. The lowest BCUT2D eigenvalue weighted by molar-refractivity contribution is -0.150. The first kappa shape index (κ1) is 58.2. The number of hydrogen-bond acceptors (Lipinski definition) is 5. The third-order valence-electron chi connectivity index (χ3n) is 13.3. The van der Waals surface area contributed by atoms with Crippen molar-refractivity contribution < 1.29 is 23.5 Å². The summed E-state index contributed by atoms with van der Waals surface area (Å²) in [6.45, 7) is 16.2. The minimum Gasteiger partial charge on any atom is -0.462 e. The highest BCUT2D eigenvalue weighted by Crippen LogP contribution is 2.37. The number of nitrogens with zero attached hydrogens (tertiary/aromatic N) is 1. The van der Waals surface area contributed by atoms with Crippen molar-refractivity contribution in [2.75, 3.05) is 19.7 Å². The molecule has 2 atom stereocenters. The first-order chi connectivity index (χ1) is 31.5. The predicted octanol–water partition coefficient (Wildman–Crippen LogP) is 14.2. The van der Waals surface area contributed by atoms with Crippen molar-refractivity contribution >= 4 is 36.5 Å². The molecular weight excluding hydrogens is 821 g/mol. The molecule has 2 rings (SSSR count). The Morgan fingerprint density at radius 2 is 0.985 bits per heavy atom. The summed E-state index contributed by atoms with van der Waals surface area (Å²) in [6, 6.07) is 20.8. The summed E-state index contributed by atoms with van der Waals surface area (Å²) in [6.07, 6.45) is 32.1. The highest BCUT2D eigenvalue weighted by atomic mass is 28.4. The van der Waals surface area contributed by atoms with E-state index in [1.807, 2.05) is 17.0 Å². The van der Waals surface area contributed by atoms with Gasteiger partial charge in [-0.3, -0.25) is 14.4 Å². The van der Waals surface area contributed by atoms with E-state index in [2.05, 4.69) is 95.4 Å². The second kappa shape index (κ2) is 36.1. The molecule has 0 unspecified atom stereocenters. The molecule has 0 bridgehead atoms. The van der Waals surface area contributed by atoms with Crippen molar-refractivity contribution in [3.8, 4) is 0 Å². The van der Waals surface area contributed by atoms with Crippen LogP contribution in [-0.4, -0.2) is 62.8 Å². The largest absolute Gasteiger partial charge is 0.462 e. The predicted molar refractivity (Wildman–Crippen MR) is 279 cm³/mol. The number of carbonyl (C=O) groups is 3. The fraction of sp³-hybridized carbons (Fsp3) is 0.737. The lowest BCUT2D eigenvalue weighted by atomic mass is 10.0. The molecule has 1 N–H and O–H groups in total. The smallest absolute Gasteiger partial charge is 0.306 e. The first-order valence-corrected chi connectivity index (χ1v) is 28.9. The van der Waals surface area contributed by atoms with Gasteiger partial charge < -0.3 is 19.4 Å². The molecule has 65 heavy (non-hydrogen) atoms. The Labute approximate surface area is 400 Å². The molecule has 2 aromatic rings. The normalized spacial score (nSPS) is 12.8. The molecule has 0 saturated carbocycles. The number of nitrogens with one attached hydrogen (secondary N) is 1. The van der Waals surface area contributed by atoms with Crippen LogP contribution in [0.3, 0.4) is 0 Å². The van der Waals surface area contributed by atoms with Crippen LogP contribution in [0, 0.1) is 0 Å². The number of amides is 2. The van der Waals surface area contributed by atoms with Gasteiger partial charge in [-0.25, -0.2) is 0 Å². The zero-order valence-electron chi connectivity index (χ0n) is 43.0. The molecule has 2 aromatic carbocycles. The van der Waals surface area contributed by atoms with Crippen LogP contribution in [0.15, 0.2) is 60.7 Å². The van der Waals surface area contributed by atoms with E-state index < -0.39 is 14.4 Å². The van der Waals surface area contributed by atoms with Gasteiger partial charge in [0.15, 0.2) is 0 Å². The standard InChI is InChI=1S/C57H98N2O5Si/c1-8-11-14-17-19-21-22-24-25-28-37-44-55(61)58-51(49-63-65(57(5,6)7,53-40-33-30-34-41-53)54-42-35-31-36-43-54)48-59(50(4)60)47-46-52(39-32-27-16-13-10-3)64-56(62)45-38-29-26-23-20-18-15-12-9-2/h30-31,33-36,40-43,51-52H,8-29,32,37-39,44-49H2,1-7H3,(H,58,61)/t51-,52-/m1/s1. The Morgan fingerprint density at radius 1 is 0.569 bits per heavy atom. The summed E-state index contributed by atoms with van der Waals surface area (Å²) >= 11 is 0. The van der Waals surface area contributed by atoms with Crippen LogP contribution >= 0.6 is 0 Å². The molecular formula is C57H98N2O5Si. The number of rotatable bonds is 40. The monoisotopic (exact) mass is 919 g/mol. The summed E-state index contributed by atoms with van der Waals surface area (Å²) in [5.74, 6) is -0.161. The fourth-order valence-electron chi connectivity index (χ4n) is 9.38. The molecule has 0 aliphatic carbocycles. The van der Waals surface area contributed by atoms with Crippen LogP contribution in [0.5, 0.6) is 0 Å². The van der Waals surface area contributed by atoms with Gasteiger partial charge in [0.1, 0.15) is 6.10 Å². The average Bonchev–Trinajstić information content (AvgIpc) is 3.29. The van der Waals surface area contributed by atoms with Gasteiger partial charge in [0.2, 0.25) is 11.8 Å². The summed E-state index contributed by atoms with van der Waals surface area (Å²) in [4.78, 5) is 42.4. The topological polar surface area (TPSA) is 84.9 Å². The lowest BCUT2D eigenvalue weighted by Gasteiger charge is -2.44. The minimum absolute atomic E-state index is 0.0100. The number of unbranched alkanes of at least 4 members (excludes halogenated alkanes) is 22. The van der Waals surface area contributed by atoms with Crippen molar-refractivity contribution in [1.82, 2.24) is 10.2 Å². The van der Waals surface area contributed by atoms with Gasteiger partial charge in [0, 0.05) is 39.3 Å².